The van der Waals surface area contributed by atoms with Crippen molar-refractivity contribution in [2.45, 2.75) is 13.3 Å². The van der Waals surface area contributed by atoms with Gasteiger partial charge in [0.1, 0.15) is 12.0 Å². The summed E-state index contributed by atoms with van der Waals surface area (Å²) in [4.78, 5) is 35.8. The summed E-state index contributed by atoms with van der Waals surface area (Å²) in [7, 11) is 0. The van der Waals surface area contributed by atoms with Crippen molar-refractivity contribution in [3.63, 3.8) is 0 Å². The number of amides is 1. The van der Waals surface area contributed by atoms with Gasteiger partial charge in [-0.25, -0.2) is 14.6 Å². The van der Waals surface area contributed by atoms with Crippen molar-refractivity contribution in [1.29, 1.82) is 0 Å². The topological polar surface area (TPSA) is 110 Å². The molecule has 10 heteroatoms. The molecule has 4 heterocycles. The monoisotopic (exact) mass is 407 g/mol. The van der Waals surface area contributed by atoms with E-state index in [-0.39, 0.29) is 11.6 Å². The zero-order chi connectivity index (χ0) is 21.1. The van der Waals surface area contributed by atoms with Gasteiger partial charge in [0.05, 0.1) is 22.4 Å². The molecule has 0 unspecified atom stereocenters. The summed E-state index contributed by atoms with van der Waals surface area (Å²) in [5, 5.41) is 15.2. The van der Waals surface area contributed by atoms with Gasteiger partial charge in [-0.15, -0.1) is 0 Å². The Balaban J connectivity index is 1.46. The molecule has 4 rings (SSSR count). The molecule has 0 radical (unpaired) electrons. The van der Waals surface area contributed by atoms with E-state index in [1.807, 2.05) is 30.0 Å². The molecule has 3 aromatic heterocycles. The van der Waals surface area contributed by atoms with Crippen molar-refractivity contribution < 1.29 is 9.72 Å². The lowest BCUT2D eigenvalue weighted by atomic mass is 10.1. The molecule has 0 N–H and O–H groups in total. The summed E-state index contributed by atoms with van der Waals surface area (Å²) in [5.74, 6) is 1.30. The van der Waals surface area contributed by atoms with Crippen LogP contribution in [0.15, 0.2) is 48.9 Å². The summed E-state index contributed by atoms with van der Waals surface area (Å²) >= 11 is 0. The normalized spacial score (nSPS) is 14.0. The van der Waals surface area contributed by atoms with Crippen molar-refractivity contribution in [2.75, 3.05) is 31.1 Å². The SMILES string of the molecule is CCc1c(C(=O)N2CCN(c3ccc([N+](=O)[O-])cn3)CC2)cnn1-c1ccccn1. The zero-order valence-corrected chi connectivity index (χ0v) is 16.5. The van der Waals surface area contributed by atoms with Crippen LogP contribution < -0.4 is 4.90 Å². The first-order chi connectivity index (χ1) is 14.6. The summed E-state index contributed by atoms with van der Waals surface area (Å²) in [6, 6.07) is 8.66. The molecule has 1 aliphatic heterocycles. The summed E-state index contributed by atoms with van der Waals surface area (Å²) in [6.07, 6.45) is 5.22. The second-order valence-electron chi connectivity index (χ2n) is 6.87. The number of piperazine rings is 1. The van der Waals surface area contributed by atoms with Crippen LogP contribution in [0, 0.1) is 10.1 Å². The number of nitro groups is 1. The highest BCUT2D eigenvalue weighted by atomic mass is 16.6. The highest BCUT2D eigenvalue weighted by Crippen LogP contribution is 2.20. The molecule has 0 aromatic carbocycles. The fourth-order valence-corrected chi connectivity index (χ4v) is 3.55. The van der Waals surface area contributed by atoms with Gasteiger partial charge < -0.3 is 9.80 Å². The van der Waals surface area contributed by atoms with E-state index in [0.717, 1.165) is 5.69 Å². The molecule has 0 bridgehead atoms. The van der Waals surface area contributed by atoms with Crippen LogP contribution in [0.5, 0.6) is 0 Å². The van der Waals surface area contributed by atoms with Crippen LogP contribution >= 0.6 is 0 Å². The largest absolute Gasteiger partial charge is 0.353 e. The van der Waals surface area contributed by atoms with E-state index in [9.17, 15) is 14.9 Å². The molecular weight excluding hydrogens is 386 g/mol. The third kappa shape index (κ3) is 3.71. The third-order valence-corrected chi connectivity index (χ3v) is 5.13. The van der Waals surface area contributed by atoms with Gasteiger partial charge in [0.15, 0.2) is 5.82 Å². The third-order valence-electron chi connectivity index (χ3n) is 5.13. The number of hydrogen-bond acceptors (Lipinski definition) is 7. The van der Waals surface area contributed by atoms with Gasteiger partial charge in [-0.2, -0.15) is 5.10 Å². The molecule has 154 valence electrons. The van der Waals surface area contributed by atoms with E-state index in [1.54, 1.807) is 28.0 Å². The van der Waals surface area contributed by atoms with Crippen LogP contribution in [0.1, 0.15) is 23.0 Å². The minimum atomic E-state index is -0.468. The van der Waals surface area contributed by atoms with E-state index in [4.69, 9.17) is 0 Å². The summed E-state index contributed by atoms with van der Waals surface area (Å²) in [6.45, 7) is 4.27. The molecule has 0 atom stereocenters. The van der Waals surface area contributed by atoms with E-state index in [1.165, 1.54) is 12.3 Å². The number of carbonyl (C=O) groups is 1. The molecular formula is C20H21N7O3. The first-order valence-electron chi connectivity index (χ1n) is 9.71. The first-order valence-corrected chi connectivity index (χ1v) is 9.71. The molecule has 1 amide bonds. The molecule has 1 aliphatic rings. The Morgan fingerprint density at radius 3 is 2.47 bits per heavy atom. The van der Waals surface area contributed by atoms with Gasteiger partial charge in [-0.05, 0) is 24.6 Å². The lowest BCUT2D eigenvalue weighted by Gasteiger charge is -2.35. The number of carbonyl (C=O) groups excluding carboxylic acids is 1. The number of nitrogens with zero attached hydrogens (tertiary/aromatic N) is 7. The average molecular weight is 407 g/mol. The van der Waals surface area contributed by atoms with Gasteiger partial charge in [0.2, 0.25) is 0 Å². The molecule has 30 heavy (non-hydrogen) atoms. The van der Waals surface area contributed by atoms with Crippen LogP contribution in [0.2, 0.25) is 0 Å². The quantitative estimate of drug-likeness (QED) is 0.470. The number of rotatable bonds is 5. The van der Waals surface area contributed by atoms with Crippen LogP contribution in [0.25, 0.3) is 5.82 Å². The Bertz CT molecular complexity index is 1040. The first kappa shape index (κ1) is 19.5. The summed E-state index contributed by atoms with van der Waals surface area (Å²) < 4.78 is 1.71. The molecule has 1 fully saturated rings. The van der Waals surface area contributed by atoms with E-state index in [0.29, 0.717) is 49.8 Å². The summed E-state index contributed by atoms with van der Waals surface area (Å²) in [5.41, 5.74) is 1.38. The van der Waals surface area contributed by atoms with Crippen LogP contribution in [-0.2, 0) is 6.42 Å². The lowest BCUT2D eigenvalue weighted by Crippen LogP contribution is -2.49. The minimum Gasteiger partial charge on any atom is -0.353 e. The second kappa shape index (κ2) is 8.27. The predicted octanol–water partition coefficient (Wildman–Crippen LogP) is 2.10. The van der Waals surface area contributed by atoms with Gasteiger partial charge in [0.25, 0.3) is 11.6 Å². The Kier molecular flexibility index (Phi) is 5.38. The maximum absolute atomic E-state index is 13.1. The number of aromatic nitrogens is 4. The minimum absolute atomic E-state index is 0.0374. The smallest absolute Gasteiger partial charge is 0.287 e. The van der Waals surface area contributed by atoms with Crippen molar-refractivity contribution in [1.82, 2.24) is 24.6 Å². The average Bonchev–Trinajstić information content (AvgIpc) is 3.23. The fraction of sp³-hybridized carbons (Fsp3) is 0.300. The van der Waals surface area contributed by atoms with Gasteiger partial charge >= 0.3 is 0 Å². The molecule has 0 saturated carbocycles. The van der Waals surface area contributed by atoms with Gasteiger partial charge in [-0.1, -0.05) is 13.0 Å². The van der Waals surface area contributed by atoms with Crippen LogP contribution in [0.4, 0.5) is 11.5 Å². The Labute approximate surface area is 172 Å². The maximum Gasteiger partial charge on any atom is 0.287 e. The van der Waals surface area contributed by atoms with Crippen molar-refractivity contribution in [3.05, 3.63) is 70.3 Å². The van der Waals surface area contributed by atoms with Crippen LogP contribution in [-0.4, -0.2) is 61.7 Å². The highest BCUT2D eigenvalue weighted by molar-refractivity contribution is 5.95. The number of anilines is 1. The molecule has 3 aromatic rings. The van der Waals surface area contributed by atoms with E-state index >= 15 is 0 Å². The highest BCUT2D eigenvalue weighted by Gasteiger charge is 2.26. The Hall–Kier alpha value is -3.82. The standard InChI is InChI=1S/C20H21N7O3/c1-2-17-16(14-23-26(17)19-5-3-4-8-21-19)20(28)25-11-9-24(10-12-25)18-7-6-15(13-22-18)27(29)30/h3-8,13-14H,2,9-12H2,1H3. The molecule has 10 nitrogen and oxygen atoms in total. The van der Waals surface area contributed by atoms with E-state index in [2.05, 4.69) is 15.1 Å². The molecule has 0 aliphatic carbocycles. The van der Waals surface area contributed by atoms with Gasteiger partial charge in [-0.3, -0.25) is 14.9 Å². The molecule has 1 saturated heterocycles. The van der Waals surface area contributed by atoms with Crippen molar-refractivity contribution in [3.8, 4) is 5.82 Å². The predicted molar refractivity (Wildman–Crippen MR) is 110 cm³/mol. The van der Waals surface area contributed by atoms with E-state index < -0.39 is 4.92 Å². The van der Waals surface area contributed by atoms with Crippen molar-refractivity contribution in [2.24, 2.45) is 0 Å². The van der Waals surface area contributed by atoms with Gasteiger partial charge in [0, 0.05) is 38.4 Å². The van der Waals surface area contributed by atoms with Crippen LogP contribution in [0.3, 0.4) is 0 Å². The molecule has 0 spiro atoms. The maximum atomic E-state index is 13.1. The number of pyridine rings is 2. The second-order valence-corrected chi connectivity index (χ2v) is 6.87. The van der Waals surface area contributed by atoms with Crippen molar-refractivity contribution >= 4 is 17.4 Å². The Morgan fingerprint density at radius 2 is 1.87 bits per heavy atom. The zero-order valence-electron chi connectivity index (χ0n) is 16.5. The fourth-order valence-electron chi connectivity index (χ4n) is 3.55. The number of hydrogen-bond donors (Lipinski definition) is 0. The lowest BCUT2D eigenvalue weighted by molar-refractivity contribution is -0.385. The Morgan fingerprint density at radius 1 is 1.07 bits per heavy atom.